The smallest absolute Gasteiger partial charge is 0.319 e. The van der Waals surface area contributed by atoms with Crippen molar-refractivity contribution >= 4 is 17.5 Å². The van der Waals surface area contributed by atoms with Gasteiger partial charge in [-0.2, -0.15) is 5.10 Å². The molecule has 0 amide bonds. The number of ketones is 1. The van der Waals surface area contributed by atoms with E-state index in [-0.39, 0.29) is 5.78 Å². The van der Waals surface area contributed by atoms with Crippen LogP contribution in [0.4, 0.5) is 0 Å². The number of carbonyl (C=O) groups excluding carboxylic acids is 2. The third-order valence-corrected chi connectivity index (χ3v) is 2.33. The number of allylic oxidation sites excluding steroid dienone is 1. The maximum absolute atomic E-state index is 11.5. The largest absolute Gasteiger partial charge is 0.468 e. The number of hydrogen-bond donors (Lipinski definition) is 1. The number of nitrogens with zero attached hydrogens (tertiary/aromatic N) is 1. The van der Waals surface area contributed by atoms with E-state index in [0.717, 1.165) is 0 Å². The van der Waals surface area contributed by atoms with Crippen LogP contribution in [0.3, 0.4) is 0 Å². The minimum Gasteiger partial charge on any atom is -0.468 e. The van der Waals surface area contributed by atoms with E-state index in [0.29, 0.717) is 17.0 Å². The zero-order valence-electron chi connectivity index (χ0n) is 9.25. The molecule has 0 aromatic heterocycles. The van der Waals surface area contributed by atoms with E-state index in [1.165, 1.54) is 14.0 Å². The van der Waals surface area contributed by atoms with E-state index in [1.54, 1.807) is 13.8 Å². The number of methoxy groups -OCH3 is 1. The van der Waals surface area contributed by atoms with E-state index in [1.807, 2.05) is 0 Å². The van der Waals surface area contributed by atoms with Gasteiger partial charge in [-0.05, 0) is 20.8 Å². The summed E-state index contributed by atoms with van der Waals surface area (Å²) in [5.74, 6) is -1.28. The summed E-state index contributed by atoms with van der Waals surface area (Å²) >= 11 is 0. The van der Waals surface area contributed by atoms with Gasteiger partial charge in [0.2, 0.25) is 0 Å². The van der Waals surface area contributed by atoms with Gasteiger partial charge in [0, 0.05) is 11.3 Å². The van der Waals surface area contributed by atoms with Gasteiger partial charge in [-0.3, -0.25) is 15.0 Å². The maximum Gasteiger partial charge on any atom is 0.319 e. The molecule has 1 N–H and O–H groups in total. The molecular weight excluding hydrogens is 196 g/mol. The van der Waals surface area contributed by atoms with Crippen LogP contribution in [0.15, 0.2) is 16.4 Å². The van der Waals surface area contributed by atoms with Crippen molar-refractivity contribution in [1.29, 1.82) is 0 Å². The van der Waals surface area contributed by atoms with E-state index < -0.39 is 11.9 Å². The molecule has 0 aromatic rings. The second kappa shape index (κ2) is 4.25. The summed E-state index contributed by atoms with van der Waals surface area (Å²) in [5.41, 5.74) is 4.28. The van der Waals surface area contributed by atoms with Crippen molar-refractivity contribution in [2.75, 3.05) is 7.11 Å². The van der Waals surface area contributed by atoms with Gasteiger partial charge < -0.3 is 4.74 Å². The molecule has 1 heterocycles. The highest BCUT2D eigenvalue weighted by Crippen LogP contribution is 2.22. The van der Waals surface area contributed by atoms with Gasteiger partial charge in [-0.1, -0.05) is 0 Å². The van der Waals surface area contributed by atoms with Crippen molar-refractivity contribution < 1.29 is 14.3 Å². The van der Waals surface area contributed by atoms with Gasteiger partial charge in [-0.25, -0.2) is 0 Å². The molecule has 0 bridgehead atoms. The first-order valence-corrected chi connectivity index (χ1v) is 4.58. The zero-order chi connectivity index (χ0) is 11.6. The molecule has 15 heavy (non-hydrogen) atoms. The topological polar surface area (TPSA) is 67.8 Å². The first-order chi connectivity index (χ1) is 6.99. The standard InChI is InChI=1S/C10H14N2O3/c1-5-8(7(3)13)9(10(14)15-4)6(2)12-11-5/h9,11H,1-4H3. The van der Waals surface area contributed by atoms with E-state index >= 15 is 0 Å². The summed E-state index contributed by atoms with van der Waals surface area (Å²) in [5, 5.41) is 3.95. The highest BCUT2D eigenvalue weighted by Gasteiger charge is 2.33. The fourth-order valence-corrected chi connectivity index (χ4v) is 1.60. The summed E-state index contributed by atoms with van der Waals surface area (Å²) in [6, 6.07) is 0. The third-order valence-electron chi connectivity index (χ3n) is 2.33. The van der Waals surface area contributed by atoms with Gasteiger partial charge in [0.25, 0.3) is 0 Å². The number of nitrogens with one attached hydrogen (secondary N) is 1. The van der Waals surface area contributed by atoms with Gasteiger partial charge >= 0.3 is 5.97 Å². The Kier molecular flexibility index (Phi) is 3.24. The second-order valence-electron chi connectivity index (χ2n) is 3.42. The molecule has 0 saturated heterocycles. The number of ether oxygens (including phenoxy) is 1. The van der Waals surface area contributed by atoms with Crippen LogP contribution in [0, 0.1) is 5.92 Å². The molecule has 0 aromatic carbocycles. The molecule has 0 fully saturated rings. The van der Waals surface area contributed by atoms with Crippen molar-refractivity contribution in [3.05, 3.63) is 11.3 Å². The maximum atomic E-state index is 11.5. The molecule has 5 heteroatoms. The first kappa shape index (κ1) is 11.4. The molecule has 1 rings (SSSR count). The summed E-state index contributed by atoms with van der Waals surface area (Å²) in [7, 11) is 1.30. The molecule has 1 atom stereocenters. The summed E-state index contributed by atoms with van der Waals surface area (Å²) in [4.78, 5) is 22.9. The Morgan fingerprint density at radius 2 is 2.00 bits per heavy atom. The number of hydrogen-bond acceptors (Lipinski definition) is 5. The number of esters is 1. The predicted octanol–water partition coefficient (Wildman–Crippen LogP) is 0.618. The molecule has 1 aliphatic heterocycles. The van der Waals surface area contributed by atoms with Crippen LogP contribution in [0.25, 0.3) is 0 Å². The lowest BCUT2D eigenvalue weighted by Crippen LogP contribution is -2.35. The molecule has 5 nitrogen and oxygen atoms in total. The average Bonchev–Trinajstić information content (AvgIpc) is 2.19. The summed E-state index contributed by atoms with van der Waals surface area (Å²) in [6.07, 6.45) is 0. The van der Waals surface area contributed by atoms with E-state index in [2.05, 4.69) is 15.3 Å². The van der Waals surface area contributed by atoms with Crippen molar-refractivity contribution in [2.24, 2.45) is 11.0 Å². The Hall–Kier alpha value is -1.65. The fraction of sp³-hybridized carbons (Fsp3) is 0.500. The summed E-state index contributed by atoms with van der Waals surface area (Å²) < 4.78 is 4.65. The van der Waals surface area contributed by atoms with Crippen molar-refractivity contribution in [3.8, 4) is 0 Å². The third kappa shape index (κ3) is 2.06. The lowest BCUT2D eigenvalue weighted by molar-refractivity contribution is -0.142. The van der Waals surface area contributed by atoms with Crippen LogP contribution in [0.2, 0.25) is 0 Å². The van der Waals surface area contributed by atoms with Gasteiger partial charge in [0.1, 0.15) is 5.92 Å². The molecule has 0 radical (unpaired) electrons. The van der Waals surface area contributed by atoms with Crippen LogP contribution < -0.4 is 5.43 Å². The quantitative estimate of drug-likeness (QED) is 0.678. The highest BCUT2D eigenvalue weighted by molar-refractivity contribution is 6.13. The number of rotatable bonds is 2. The normalized spacial score (nSPS) is 20.5. The Bertz CT molecular complexity index is 369. The van der Waals surface area contributed by atoms with Gasteiger partial charge in [-0.15, -0.1) is 0 Å². The van der Waals surface area contributed by atoms with Crippen LogP contribution in [0.1, 0.15) is 20.8 Å². The lowest BCUT2D eigenvalue weighted by Gasteiger charge is -2.22. The Labute approximate surface area is 88.2 Å². The van der Waals surface area contributed by atoms with Crippen molar-refractivity contribution in [1.82, 2.24) is 5.43 Å². The van der Waals surface area contributed by atoms with E-state index in [4.69, 9.17) is 0 Å². The molecule has 0 saturated carbocycles. The first-order valence-electron chi connectivity index (χ1n) is 4.58. The SMILES string of the molecule is COC(=O)C1C(C)=NNC(C)=C1C(C)=O. The molecule has 1 unspecified atom stereocenters. The van der Waals surface area contributed by atoms with E-state index in [9.17, 15) is 9.59 Å². The van der Waals surface area contributed by atoms with Gasteiger partial charge in [0.05, 0.1) is 12.8 Å². The van der Waals surface area contributed by atoms with Gasteiger partial charge in [0.15, 0.2) is 5.78 Å². The molecule has 0 spiro atoms. The summed E-state index contributed by atoms with van der Waals surface area (Å²) in [6.45, 7) is 4.82. The number of Topliss-reactive ketones (excluding diaryl/α,β-unsaturated/α-hetero) is 1. The fourth-order valence-electron chi connectivity index (χ4n) is 1.60. The predicted molar refractivity (Wildman–Crippen MR) is 55.1 cm³/mol. The zero-order valence-corrected chi connectivity index (χ0v) is 9.25. The van der Waals surface area contributed by atoms with Crippen molar-refractivity contribution in [3.63, 3.8) is 0 Å². The molecule has 82 valence electrons. The Balaban J connectivity index is 3.17. The van der Waals surface area contributed by atoms with Crippen LogP contribution in [-0.4, -0.2) is 24.6 Å². The van der Waals surface area contributed by atoms with Crippen LogP contribution in [-0.2, 0) is 14.3 Å². The molecule has 0 aliphatic carbocycles. The molecule has 1 aliphatic rings. The number of carbonyl (C=O) groups is 2. The van der Waals surface area contributed by atoms with Crippen LogP contribution >= 0.6 is 0 Å². The van der Waals surface area contributed by atoms with Crippen LogP contribution in [0.5, 0.6) is 0 Å². The number of hydrazone groups is 1. The Morgan fingerprint density at radius 3 is 2.47 bits per heavy atom. The average molecular weight is 210 g/mol. The Morgan fingerprint density at radius 1 is 1.40 bits per heavy atom. The lowest BCUT2D eigenvalue weighted by atomic mass is 9.89. The minimum absolute atomic E-state index is 0.148. The minimum atomic E-state index is -0.672. The molecular formula is C10H14N2O3. The second-order valence-corrected chi connectivity index (χ2v) is 3.42. The highest BCUT2D eigenvalue weighted by atomic mass is 16.5. The monoisotopic (exact) mass is 210 g/mol. The van der Waals surface area contributed by atoms with Crippen molar-refractivity contribution in [2.45, 2.75) is 20.8 Å².